The first-order chi connectivity index (χ1) is 5.74. The van der Waals surface area contributed by atoms with Gasteiger partial charge in [-0.2, -0.15) is 0 Å². The number of ether oxygens (including phenoxy) is 1. The van der Waals surface area contributed by atoms with Crippen molar-refractivity contribution in [1.29, 1.82) is 0 Å². The summed E-state index contributed by atoms with van der Waals surface area (Å²) in [7, 11) is 1.41. The Bertz CT molecular complexity index is 243. The van der Waals surface area contributed by atoms with E-state index in [0.717, 1.165) is 4.88 Å². The highest BCUT2D eigenvalue weighted by molar-refractivity contribution is 7.09. The van der Waals surface area contributed by atoms with Crippen LogP contribution >= 0.6 is 11.3 Å². The first kappa shape index (κ1) is 9.22. The number of hydrogen-bond acceptors (Lipinski definition) is 3. The molecule has 0 aliphatic heterocycles. The number of hydrogen-bond donors (Lipinski definition) is 1. The fraction of sp³-hybridized carbons (Fsp3) is 0.375. The Morgan fingerprint density at radius 1 is 1.83 bits per heavy atom. The molecule has 0 spiro atoms. The van der Waals surface area contributed by atoms with Crippen LogP contribution in [0.15, 0.2) is 17.5 Å². The van der Waals surface area contributed by atoms with E-state index in [1.54, 1.807) is 11.3 Å². The van der Waals surface area contributed by atoms with Gasteiger partial charge in [-0.15, -0.1) is 11.3 Å². The lowest BCUT2D eigenvalue weighted by Crippen LogP contribution is -2.24. The lowest BCUT2D eigenvalue weighted by molar-refractivity contribution is -0.148. The van der Waals surface area contributed by atoms with Crippen molar-refractivity contribution in [3.63, 3.8) is 0 Å². The minimum atomic E-state index is -0.911. The van der Waals surface area contributed by atoms with Crippen molar-refractivity contribution in [2.75, 3.05) is 7.11 Å². The highest BCUT2D eigenvalue weighted by Crippen LogP contribution is 2.12. The van der Waals surface area contributed by atoms with E-state index in [-0.39, 0.29) is 0 Å². The number of carboxylic acids is 1. The molecule has 0 saturated heterocycles. The molecule has 12 heavy (non-hydrogen) atoms. The molecular formula is C8H10O3S. The maximum Gasteiger partial charge on any atom is 0.333 e. The lowest BCUT2D eigenvalue weighted by atomic mass is 10.2. The number of thiophene rings is 1. The Kier molecular flexibility index (Phi) is 3.25. The monoisotopic (exact) mass is 186 g/mol. The first-order valence-electron chi connectivity index (χ1n) is 3.52. The predicted molar refractivity (Wildman–Crippen MR) is 46.5 cm³/mol. The van der Waals surface area contributed by atoms with E-state index in [0.29, 0.717) is 6.42 Å². The number of methoxy groups -OCH3 is 1. The number of carboxylic acid groups (broad SMARTS) is 1. The Labute approximate surface area is 74.6 Å². The van der Waals surface area contributed by atoms with Crippen molar-refractivity contribution >= 4 is 17.3 Å². The summed E-state index contributed by atoms with van der Waals surface area (Å²) in [5, 5.41) is 10.6. The van der Waals surface area contributed by atoms with Crippen molar-refractivity contribution in [3.05, 3.63) is 22.4 Å². The summed E-state index contributed by atoms with van der Waals surface area (Å²) >= 11 is 1.54. The largest absolute Gasteiger partial charge is 0.479 e. The molecule has 1 rings (SSSR count). The van der Waals surface area contributed by atoms with Crippen molar-refractivity contribution < 1.29 is 14.6 Å². The zero-order valence-corrected chi connectivity index (χ0v) is 7.50. The van der Waals surface area contributed by atoms with Gasteiger partial charge in [0.1, 0.15) is 0 Å². The molecule has 1 aromatic heterocycles. The van der Waals surface area contributed by atoms with Gasteiger partial charge in [-0.05, 0) is 11.4 Å². The second kappa shape index (κ2) is 4.23. The molecule has 0 bridgehead atoms. The zero-order chi connectivity index (χ0) is 8.97. The molecule has 0 aromatic carbocycles. The number of aliphatic carboxylic acids is 1. The molecule has 0 aliphatic rings. The molecule has 3 nitrogen and oxygen atoms in total. The van der Waals surface area contributed by atoms with Gasteiger partial charge in [-0.1, -0.05) is 6.07 Å². The Balaban J connectivity index is 2.54. The van der Waals surface area contributed by atoms with Crippen LogP contribution in [0.2, 0.25) is 0 Å². The third kappa shape index (κ3) is 2.32. The maximum atomic E-state index is 10.5. The van der Waals surface area contributed by atoms with Crippen LogP contribution in [0.25, 0.3) is 0 Å². The van der Waals surface area contributed by atoms with Crippen LogP contribution in [-0.2, 0) is 16.0 Å². The Morgan fingerprint density at radius 2 is 2.58 bits per heavy atom. The van der Waals surface area contributed by atoms with Gasteiger partial charge in [0.2, 0.25) is 0 Å². The summed E-state index contributed by atoms with van der Waals surface area (Å²) in [5.74, 6) is -0.911. The summed E-state index contributed by atoms with van der Waals surface area (Å²) in [5.41, 5.74) is 0. The second-order valence-corrected chi connectivity index (χ2v) is 3.38. The van der Waals surface area contributed by atoms with Crippen LogP contribution in [-0.4, -0.2) is 24.3 Å². The van der Waals surface area contributed by atoms with Gasteiger partial charge < -0.3 is 9.84 Å². The molecule has 1 unspecified atom stereocenters. The molecule has 1 aromatic rings. The fourth-order valence-corrected chi connectivity index (χ4v) is 1.62. The molecule has 1 heterocycles. The average Bonchev–Trinajstić information content (AvgIpc) is 2.51. The number of carbonyl (C=O) groups is 1. The summed E-state index contributed by atoms with van der Waals surface area (Å²) in [6, 6.07) is 3.80. The predicted octanol–water partition coefficient (Wildman–Crippen LogP) is 1.39. The molecule has 1 N–H and O–H groups in total. The van der Waals surface area contributed by atoms with E-state index in [2.05, 4.69) is 0 Å². The van der Waals surface area contributed by atoms with E-state index in [1.807, 2.05) is 17.5 Å². The van der Waals surface area contributed by atoms with Gasteiger partial charge in [0.05, 0.1) is 0 Å². The maximum absolute atomic E-state index is 10.5. The minimum Gasteiger partial charge on any atom is -0.479 e. The third-order valence-electron chi connectivity index (χ3n) is 1.53. The molecule has 0 saturated carbocycles. The topological polar surface area (TPSA) is 46.5 Å². The molecule has 1 atom stereocenters. The van der Waals surface area contributed by atoms with Crippen molar-refractivity contribution in [3.8, 4) is 0 Å². The molecule has 66 valence electrons. The van der Waals surface area contributed by atoms with E-state index < -0.39 is 12.1 Å². The first-order valence-corrected chi connectivity index (χ1v) is 4.40. The van der Waals surface area contributed by atoms with Gasteiger partial charge in [0, 0.05) is 18.4 Å². The number of rotatable bonds is 4. The lowest BCUT2D eigenvalue weighted by Gasteiger charge is -2.07. The zero-order valence-electron chi connectivity index (χ0n) is 6.69. The van der Waals surface area contributed by atoms with Crippen LogP contribution in [0.5, 0.6) is 0 Å². The van der Waals surface area contributed by atoms with Crippen LogP contribution in [0, 0.1) is 0 Å². The van der Waals surface area contributed by atoms with Crippen LogP contribution in [0.4, 0.5) is 0 Å². The Hall–Kier alpha value is -0.870. The van der Waals surface area contributed by atoms with Crippen molar-refractivity contribution in [1.82, 2.24) is 0 Å². The van der Waals surface area contributed by atoms with E-state index in [9.17, 15) is 4.79 Å². The third-order valence-corrected chi connectivity index (χ3v) is 2.43. The fourth-order valence-electron chi connectivity index (χ4n) is 0.883. The van der Waals surface area contributed by atoms with Gasteiger partial charge >= 0.3 is 5.97 Å². The SMILES string of the molecule is COC(Cc1cccs1)C(=O)O. The molecule has 0 fully saturated rings. The highest BCUT2D eigenvalue weighted by atomic mass is 32.1. The Morgan fingerprint density at radius 3 is 3.00 bits per heavy atom. The van der Waals surface area contributed by atoms with E-state index >= 15 is 0 Å². The molecule has 0 amide bonds. The second-order valence-electron chi connectivity index (χ2n) is 2.35. The van der Waals surface area contributed by atoms with Gasteiger partial charge in [-0.25, -0.2) is 4.79 Å². The van der Waals surface area contributed by atoms with Crippen LogP contribution in [0.3, 0.4) is 0 Å². The van der Waals surface area contributed by atoms with Crippen molar-refractivity contribution in [2.24, 2.45) is 0 Å². The molecule has 0 aliphatic carbocycles. The van der Waals surface area contributed by atoms with Crippen LogP contribution in [0.1, 0.15) is 4.88 Å². The quantitative estimate of drug-likeness (QED) is 0.773. The van der Waals surface area contributed by atoms with Gasteiger partial charge in [0.15, 0.2) is 6.10 Å². The van der Waals surface area contributed by atoms with E-state index in [1.165, 1.54) is 7.11 Å². The molecule has 4 heteroatoms. The average molecular weight is 186 g/mol. The van der Waals surface area contributed by atoms with Crippen molar-refractivity contribution in [2.45, 2.75) is 12.5 Å². The summed E-state index contributed by atoms with van der Waals surface area (Å²) in [6.45, 7) is 0. The highest BCUT2D eigenvalue weighted by Gasteiger charge is 2.16. The standard InChI is InChI=1S/C8H10O3S/c1-11-7(8(9)10)5-6-3-2-4-12-6/h2-4,7H,5H2,1H3,(H,9,10). The van der Waals surface area contributed by atoms with Crippen LogP contribution < -0.4 is 0 Å². The molecule has 0 radical (unpaired) electrons. The van der Waals surface area contributed by atoms with E-state index in [4.69, 9.17) is 9.84 Å². The summed E-state index contributed by atoms with van der Waals surface area (Å²) in [4.78, 5) is 11.6. The molecular weight excluding hydrogens is 176 g/mol. The van der Waals surface area contributed by atoms with Gasteiger partial charge in [-0.3, -0.25) is 0 Å². The minimum absolute atomic E-state index is 0.448. The summed E-state index contributed by atoms with van der Waals surface area (Å²) in [6.07, 6.45) is -0.271. The normalized spacial score (nSPS) is 12.8. The summed E-state index contributed by atoms with van der Waals surface area (Å²) < 4.78 is 4.79. The van der Waals surface area contributed by atoms with Gasteiger partial charge in [0.25, 0.3) is 0 Å². The smallest absolute Gasteiger partial charge is 0.333 e.